The van der Waals surface area contributed by atoms with Gasteiger partial charge in [0.2, 0.25) is 0 Å². The minimum atomic E-state index is -0.695. The van der Waals surface area contributed by atoms with Crippen LogP contribution in [-0.2, 0) is 0 Å². The maximum atomic E-state index is 9.07. The van der Waals surface area contributed by atoms with Crippen LogP contribution in [0.25, 0.3) is 0 Å². The fourth-order valence-corrected chi connectivity index (χ4v) is 1.96. The molecule has 0 aliphatic carbocycles. The van der Waals surface area contributed by atoms with Crippen molar-refractivity contribution in [2.45, 2.75) is 83.6 Å². The highest BCUT2D eigenvalue weighted by atomic mass is 16.3. The summed E-state index contributed by atoms with van der Waals surface area (Å²) >= 11 is 0. The Bertz CT molecular complexity index is 213. The van der Waals surface area contributed by atoms with Crippen LogP contribution in [0.15, 0.2) is 4.99 Å². The summed E-state index contributed by atoms with van der Waals surface area (Å²) in [6, 6.07) is 0. The molecule has 19 heavy (non-hydrogen) atoms. The van der Waals surface area contributed by atoms with Crippen molar-refractivity contribution in [3.63, 3.8) is 0 Å². The van der Waals surface area contributed by atoms with Crippen LogP contribution in [-0.4, -0.2) is 35.2 Å². The number of aliphatic hydroxyl groups is 2. The highest BCUT2D eigenvalue weighted by Gasteiger charge is 2.19. The fraction of sp³-hybridized carbons (Fsp3) is 0.938. The van der Waals surface area contributed by atoms with Crippen LogP contribution in [0.4, 0.5) is 0 Å². The molecule has 0 aromatic carbocycles. The number of rotatable bonds is 13. The summed E-state index contributed by atoms with van der Waals surface area (Å²) in [6.45, 7) is 3.81. The molecule has 3 nitrogen and oxygen atoms in total. The third kappa shape index (κ3) is 11.1. The molecule has 0 heterocycles. The average Bonchev–Trinajstić information content (AvgIpc) is 2.44. The fourth-order valence-electron chi connectivity index (χ4n) is 1.96. The molecule has 0 spiro atoms. The van der Waals surface area contributed by atoms with Gasteiger partial charge in [-0.1, -0.05) is 58.3 Å². The van der Waals surface area contributed by atoms with E-state index in [4.69, 9.17) is 10.2 Å². The van der Waals surface area contributed by atoms with Crippen molar-refractivity contribution < 1.29 is 10.2 Å². The number of nitrogens with zero attached hydrogens (tertiary/aromatic N) is 1. The molecule has 0 saturated heterocycles. The molecular weight excluding hydrogens is 238 g/mol. The van der Waals surface area contributed by atoms with E-state index < -0.39 is 5.54 Å². The van der Waals surface area contributed by atoms with Gasteiger partial charge in [0.25, 0.3) is 0 Å². The van der Waals surface area contributed by atoms with Gasteiger partial charge in [0.1, 0.15) is 5.54 Å². The molecule has 0 aromatic rings. The normalized spacial score (nSPS) is 12.4. The van der Waals surface area contributed by atoms with Gasteiger partial charge < -0.3 is 10.2 Å². The van der Waals surface area contributed by atoms with Crippen molar-refractivity contribution in [3.05, 3.63) is 0 Å². The topological polar surface area (TPSA) is 52.8 Å². The number of aliphatic hydroxyl groups excluding tert-OH is 2. The van der Waals surface area contributed by atoms with Crippen molar-refractivity contribution in [1.29, 1.82) is 0 Å². The molecule has 3 heteroatoms. The van der Waals surface area contributed by atoms with Crippen molar-refractivity contribution >= 4 is 6.21 Å². The molecule has 0 aromatic heterocycles. The second kappa shape index (κ2) is 12.6. The molecule has 0 unspecified atom stereocenters. The summed E-state index contributed by atoms with van der Waals surface area (Å²) in [6.07, 6.45) is 14.7. The van der Waals surface area contributed by atoms with Crippen LogP contribution in [0, 0.1) is 0 Å². The number of hydrogen-bond donors (Lipinski definition) is 2. The van der Waals surface area contributed by atoms with Crippen molar-refractivity contribution in [3.8, 4) is 0 Å². The molecule has 0 aliphatic heterocycles. The molecule has 114 valence electrons. The van der Waals surface area contributed by atoms with E-state index in [2.05, 4.69) is 11.9 Å². The van der Waals surface area contributed by atoms with Gasteiger partial charge in [0.15, 0.2) is 0 Å². The Morgan fingerprint density at radius 3 is 1.79 bits per heavy atom. The highest BCUT2D eigenvalue weighted by molar-refractivity contribution is 5.57. The van der Waals surface area contributed by atoms with Gasteiger partial charge >= 0.3 is 0 Å². The third-order valence-corrected chi connectivity index (χ3v) is 3.52. The Labute approximate surface area is 119 Å². The molecule has 0 bridgehead atoms. The zero-order chi connectivity index (χ0) is 14.4. The highest BCUT2D eigenvalue weighted by Crippen LogP contribution is 2.11. The van der Waals surface area contributed by atoms with Crippen LogP contribution in [0.1, 0.15) is 78.1 Å². The van der Waals surface area contributed by atoms with Gasteiger partial charge in [0, 0.05) is 0 Å². The van der Waals surface area contributed by atoms with Gasteiger partial charge in [0.05, 0.1) is 13.2 Å². The van der Waals surface area contributed by atoms with Crippen LogP contribution < -0.4 is 0 Å². The Morgan fingerprint density at radius 2 is 1.32 bits per heavy atom. The molecule has 0 amide bonds. The van der Waals surface area contributed by atoms with E-state index in [0.29, 0.717) is 0 Å². The van der Waals surface area contributed by atoms with Crippen LogP contribution in [0.3, 0.4) is 0 Å². The van der Waals surface area contributed by atoms with E-state index >= 15 is 0 Å². The van der Waals surface area contributed by atoms with E-state index in [1.165, 1.54) is 51.4 Å². The van der Waals surface area contributed by atoms with Gasteiger partial charge in [-0.3, -0.25) is 4.99 Å². The molecular formula is C16H33NO2. The lowest BCUT2D eigenvalue weighted by Gasteiger charge is -2.18. The minimum Gasteiger partial charge on any atom is -0.394 e. The Morgan fingerprint density at radius 1 is 0.842 bits per heavy atom. The lowest BCUT2D eigenvalue weighted by atomic mass is 10.1. The van der Waals surface area contributed by atoms with E-state index in [0.717, 1.165) is 12.8 Å². The lowest BCUT2D eigenvalue weighted by molar-refractivity contribution is 0.136. The summed E-state index contributed by atoms with van der Waals surface area (Å²) in [5, 5.41) is 18.1. The Kier molecular flexibility index (Phi) is 12.3. The van der Waals surface area contributed by atoms with E-state index in [1.54, 1.807) is 6.92 Å². The molecule has 2 N–H and O–H groups in total. The van der Waals surface area contributed by atoms with Crippen LogP contribution in [0.2, 0.25) is 0 Å². The number of unbranched alkanes of at least 4 members (excludes halogenated alkanes) is 9. The maximum Gasteiger partial charge on any atom is 0.103 e. The summed E-state index contributed by atoms with van der Waals surface area (Å²) in [7, 11) is 0. The van der Waals surface area contributed by atoms with Gasteiger partial charge in [-0.05, 0) is 26.0 Å². The van der Waals surface area contributed by atoms with Crippen molar-refractivity contribution in [1.82, 2.24) is 0 Å². The lowest BCUT2D eigenvalue weighted by Crippen LogP contribution is -2.31. The quantitative estimate of drug-likeness (QED) is 0.396. The predicted octanol–water partition coefficient (Wildman–Crippen LogP) is 3.72. The second-order valence-corrected chi connectivity index (χ2v) is 5.74. The van der Waals surface area contributed by atoms with Gasteiger partial charge in [-0.25, -0.2) is 0 Å². The first-order valence-electron chi connectivity index (χ1n) is 7.94. The standard InChI is InChI=1S/C16H33NO2/c1-3-4-5-6-7-8-9-10-11-12-13-17-16(2,14-18)15-19/h13,18-19H,3-12,14-15H2,1-2H3. The SMILES string of the molecule is CCCCCCCCCCCC=NC(C)(CO)CO. The second-order valence-electron chi connectivity index (χ2n) is 5.74. The molecule has 0 aliphatic rings. The first-order valence-corrected chi connectivity index (χ1v) is 7.94. The average molecular weight is 271 g/mol. The van der Waals surface area contributed by atoms with E-state index in [-0.39, 0.29) is 13.2 Å². The predicted molar refractivity (Wildman–Crippen MR) is 82.9 cm³/mol. The van der Waals surface area contributed by atoms with Crippen LogP contribution >= 0.6 is 0 Å². The molecule has 0 fully saturated rings. The third-order valence-electron chi connectivity index (χ3n) is 3.52. The first-order chi connectivity index (χ1) is 9.18. The zero-order valence-corrected chi connectivity index (χ0v) is 12.9. The van der Waals surface area contributed by atoms with Crippen LogP contribution in [0.5, 0.6) is 0 Å². The maximum absolute atomic E-state index is 9.07. The van der Waals surface area contributed by atoms with Gasteiger partial charge in [-0.15, -0.1) is 0 Å². The summed E-state index contributed by atoms with van der Waals surface area (Å²) in [4.78, 5) is 4.24. The summed E-state index contributed by atoms with van der Waals surface area (Å²) in [5.74, 6) is 0. The summed E-state index contributed by atoms with van der Waals surface area (Å²) in [5.41, 5.74) is -0.695. The van der Waals surface area contributed by atoms with E-state index in [9.17, 15) is 0 Å². The Balaban J connectivity index is 3.33. The number of aliphatic imine (C=N–C) groups is 1. The smallest absolute Gasteiger partial charge is 0.103 e. The number of hydrogen-bond acceptors (Lipinski definition) is 3. The first kappa shape index (κ1) is 18.6. The van der Waals surface area contributed by atoms with Gasteiger partial charge in [-0.2, -0.15) is 0 Å². The Hall–Kier alpha value is -0.410. The largest absolute Gasteiger partial charge is 0.394 e. The molecule has 0 rings (SSSR count). The zero-order valence-electron chi connectivity index (χ0n) is 12.9. The minimum absolute atomic E-state index is 0.0994. The summed E-state index contributed by atoms with van der Waals surface area (Å²) < 4.78 is 0. The monoisotopic (exact) mass is 271 g/mol. The van der Waals surface area contributed by atoms with Crippen molar-refractivity contribution in [2.24, 2.45) is 4.99 Å². The molecule has 0 saturated carbocycles. The van der Waals surface area contributed by atoms with Crippen molar-refractivity contribution in [2.75, 3.05) is 13.2 Å². The molecule has 0 atom stereocenters. The van der Waals surface area contributed by atoms with E-state index in [1.807, 2.05) is 6.21 Å². The molecule has 0 radical (unpaired) electrons.